The normalized spacial score (nSPS) is 18.8. The van der Waals surface area contributed by atoms with E-state index in [-0.39, 0.29) is 17.0 Å². The topological polar surface area (TPSA) is 55.8 Å². The third-order valence-electron chi connectivity index (χ3n) is 7.46. The first kappa shape index (κ1) is 22.5. The van der Waals surface area contributed by atoms with Gasteiger partial charge in [0.15, 0.2) is 11.5 Å². The third kappa shape index (κ3) is 3.64. The van der Waals surface area contributed by atoms with Crippen LogP contribution < -0.4 is 14.4 Å². The van der Waals surface area contributed by atoms with E-state index in [1.165, 1.54) is 0 Å². The van der Waals surface area contributed by atoms with Gasteiger partial charge in [0.25, 0.3) is 0 Å². The van der Waals surface area contributed by atoms with Gasteiger partial charge in [-0.3, -0.25) is 9.59 Å². The Morgan fingerprint density at radius 1 is 0.853 bits per heavy atom. The molecule has 3 aromatic rings. The second-order valence-electron chi connectivity index (χ2n) is 10.5. The van der Waals surface area contributed by atoms with Crippen LogP contribution in [-0.4, -0.2) is 32.3 Å². The molecule has 1 saturated carbocycles. The van der Waals surface area contributed by atoms with Gasteiger partial charge in [-0.25, -0.2) is 0 Å². The average molecular weight is 458 g/mol. The average Bonchev–Trinajstić information content (AvgIpc) is 2.82. The van der Waals surface area contributed by atoms with Crippen LogP contribution in [0.15, 0.2) is 54.6 Å². The molecule has 3 aromatic carbocycles. The number of hydrogen-bond acceptors (Lipinski definition) is 5. The van der Waals surface area contributed by atoms with Gasteiger partial charge in [0.2, 0.25) is 0 Å². The van der Waals surface area contributed by atoms with Crippen LogP contribution in [0, 0.1) is 10.8 Å². The van der Waals surface area contributed by atoms with E-state index >= 15 is 0 Å². The summed E-state index contributed by atoms with van der Waals surface area (Å²) in [5.74, 6) is 1.49. The molecule has 0 atom stereocenters. The molecule has 0 aromatic heterocycles. The smallest absolute Gasteiger partial charge is 0.161 e. The van der Waals surface area contributed by atoms with Crippen molar-refractivity contribution in [3.05, 3.63) is 65.7 Å². The van der Waals surface area contributed by atoms with Crippen molar-refractivity contribution < 1.29 is 19.1 Å². The van der Waals surface area contributed by atoms with Crippen molar-refractivity contribution in [3.63, 3.8) is 0 Å². The van der Waals surface area contributed by atoms with Crippen molar-refractivity contribution in [2.45, 2.75) is 39.7 Å². The lowest BCUT2D eigenvalue weighted by Crippen LogP contribution is -2.57. The molecule has 1 aliphatic carbocycles. The summed E-state index contributed by atoms with van der Waals surface area (Å²) in [4.78, 5) is 29.5. The third-order valence-corrected chi connectivity index (χ3v) is 7.46. The quantitative estimate of drug-likeness (QED) is 0.494. The van der Waals surface area contributed by atoms with Gasteiger partial charge >= 0.3 is 0 Å². The van der Waals surface area contributed by atoms with Gasteiger partial charge in [-0.15, -0.1) is 0 Å². The highest BCUT2D eigenvalue weighted by Crippen LogP contribution is 2.48. The minimum absolute atomic E-state index is 0.0737. The molecular weight excluding hydrogens is 426 g/mol. The van der Waals surface area contributed by atoms with Crippen molar-refractivity contribution in [1.29, 1.82) is 0 Å². The molecule has 5 nitrogen and oxygen atoms in total. The highest BCUT2D eigenvalue weighted by molar-refractivity contribution is 6.11. The van der Waals surface area contributed by atoms with Crippen LogP contribution in [0.3, 0.4) is 0 Å². The molecular formula is C29H31NO4. The Labute approximate surface area is 200 Å². The number of nitrogens with zero attached hydrogens (tertiary/aromatic N) is 1. The summed E-state index contributed by atoms with van der Waals surface area (Å²) in [5, 5.41) is 2.24. The van der Waals surface area contributed by atoms with Crippen molar-refractivity contribution in [1.82, 2.24) is 0 Å². The fourth-order valence-corrected chi connectivity index (χ4v) is 5.71. The van der Waals surface area contributed by atoms with Crippen LogP contribution in [0.25, 0.3) is 10.8 Å². The van der Waals surface area contributed by atoms with E-state index in [0.29, 0.717) is 43.9 Å². The number of anilines is 1. The fourth-order valence-electron chi connectivity index (χ4n) is 5.71. The predicted molar refractivity (Wildman–Crippen MR) is 134 cm³/mol. The Bertz CT molecular complexity index is 1270. The first-order valence-electron chi connectivity index (χ1n) is 11.8. The summed E-state index contributed by atoms with van der Waals surface area (Å²) in [7, 11) is 3.25. The van der Waals surface area contributed by atoms with Crippen molar-refractivity contribution in [2.75, 3.05) is 25.7 Å². The number of Topliss-reactive ketones (excluding diaryl/α,β-unsaturated/α-hetero) is 2. The number of fused-ring (bicyclic) bond motifs is 3. The summed E-state index contributed by atoms with van der Waals surface area (Å²) >= 11 is 0. The lowest BCUT2D eigenvalue weighted by atomic mass is 9.59. The number of carbonyl (C=O) groups excluding carboxylic acids is 2. The zero-order valence-electron chi connectivity index (χ0n) is 20.3. The van der Waals surface area contributed by atoms with Gasteiger partial charge in [0.05, 0.1) is 14.2 Å². The SMILES string of the molecule is COc1ccc(CN2CC3(Cc4c2ccc2ccccc42)C(=O)CC(C)(C)CC3=O)cc1OC. The number of rotatable bonds is 4. The second-order valence-corrected chi connectivity index (χ2v) is 10.5. The van der Waals surface area contributed by atoms with Crippen LogP contribution in [-0.2, 0) is 22.6 Å². The number of carbonyl (C=O) groups is 2. The lowest BCUT2D eigenvalue weighted by Gasteiger charge is -2.47. The van der Waals surface area contributed by atoms with Gasteiger partial charge in [-0.2, -0.15) is 0 Å². The summed E-state index contributed by atoms with van der Waals surface area (Å²) < 4.78 is 10.9. The largest absolute Gasteiger partial charge is 0.493 e. The van der Waals surface area contributed by atoms with Gasteiger partial charge in [0.1, 0.15) is 17.0 Å². The molecule has 34 heavy (non-hydrogen) atoms. The molecule has 5 heteroatoms. The minimum Gasteiger partial charge on any atom is -0.493 e. The van der Waals surface area contributed by atoms with Crippen LogP contribution >= 0.6 is 0 Å². The molecule has 1 aliphatic heterocycles. The molecule has 0 radical (unpaired) electrons. The van der Waals surface area contributed by atoms with Gasteiger partial charge in [-0.05, 0) is 51.9 Å². The van der Waals surface area contributed by atoms with Crippen molar-refractivity contribution in [3.8, 4) is 11.5 Å². The van der Waals surface area contributed by atoms with E-state index in [0.717, 1.165) is 27.6 Å². The highest BCUT2D eigenvalue weighted by atomic mass is 16.5. The molecule has 0 saturated heterocycles. The van der Waals surface area contributed by atoms with E-state index in [1.807, 2.05) is 44.2 Å². The highest BCUT2D eigenvalue weighted by Gasteiger charge is 2.54. The summed E-state index contributed by atoms with van der Waals surface area (Å²) in [6.45, 7) is 5.00. The van der Waals surface area contributed by atoms with Crippen LogP contribution in [0.5, 0.6) is 11.5 Å². The molecule has 2 aliphatic rings. The summed E-state index contributed by atoms with van der Waals surface area (Å²) in [6.07, 6.45) is 1.34. The van der Waals surface area contributed by atoms with Crippen LogP contribution in [0.2, 0.25) is 0 Å². The van der Waals surface area contributed by atoms with Crippen molar-refractivity contribution >= 4 is 28.0 Å². The van der Waals surface area contributed by atoms with Crippen molar-refractivity contribution in [2.24, 2.45) is 10.8 Å². The number of hydrogen-bond donors (Lipinski definition) is 0. The maximum absolute atomic E-state index is 13.6. The maximum Gasteiger partial charge on any atom is 0.161 e. The minimum atomic E-state index is -0.997. The predicted octanol–water partition coefficient (Wildman–Crippen LogP) is 5.36. The first-order valence-corrected chi connectivity index (χ1v) is 11.8. The molecule has 1 spiro atoms. The van der Waals surface area contributed by atoms with E-state index in [4.69, 9.17) is 9.47 Å². The standard InChI is InChI=1S/C29H31NO4/c1-28(2)15-26(31)29(27(32)16-28)14-22-21-8-6-5-7-20(21)10-11-23(22)30(18-29)17-19-9-12-24(33-3)25(13-19)34-4/h5-13H,14-18H2,1-4H3. The summed E-state index contributed by atoms with van der Waals surface area (Å²) in [6, 6.07) is 18.4. The number of benzene rings is 3. The van der Waals surface area contributed by atoms with E-state index in [2.05, 4.69) is 29.2 Å². The maximum atomic E-state index is 13.6. The Morgan fingerprint density at radius 2 is 1.56 bits per heavy atom. The Balaban J connectivity index is 1.63. The van der Waals surface area contributed by atoms with Gasteiger partial charge in [0, 0.05) is 31.6 Å². The number of methoxy groups -OCH3 is 2. The summed E-state index contributed by atoms with van der Waals surface area (Å²) in [5.41, 5.74) is 1.93. The van der Waals surface area contributed by atoms with E-state index < -0.39 is 5.41 Å². The van der Waals surface area contributed by atoms with Gasteiger partial charge in [-0.1, -0.05) is 50.2 Å². The molecule has 0 N–H and O–H groups in total. The number of ketones is 2. The molecule has 176 valence electrons. The zero-order chi connectivity index (χ0) is 24.1. The molecule has 5 rings (SSSR count). The monoisotopic (exact) mass is 457 g/mol. The molecule has 0 unspecified atom stereocenters. The van der Waals surface area contributed by atoms with Crippen LogP contribution in [0.1, 0.15) is 37.8 Å². The zero-order valence-corrected chi connectivity index (χ0v) is 20.3. The van der Waals surface area contributed by atoms with E-state index in [1.54, 1.807) is 14.2 Å². The molecule has 1 fully saturated rings. The van der Waals surface area contributed by atoms with E-state index in [9.17, 15) is 9.59 Å². The lowest BCUT2D eigenvalue weighted by molar-refractivity contribution is -0.147. The fraction of sp³-hybridized carbons (Fsp3) is 0.379. The second kappa shape index (κ2) is 8.15. The Kier molecular flexibility index (Phi) is 5.38. The molecule has 0 amide bonds. The van der Waals surface area contributed by atoms with Gasteiger partial charge < -0.3 is 14.4 Å². The van der Waals surface area contributed by atoms with Crippen LogP contribution in [0.4, 0.5) is 5.69 Å². The molecule has 1 heterocycles. The Hall–Kier alpha value is -3.34. The first-order chi connectivity index (χ1) is 16.3. The number of ether oxygens (including phenoxy) is 2. The molecule has 0 bridgehead atoms. The Morgan fingerprint density at radius 3 is 2.26 bits per heavy atom.